The lowest BCUT2D eigenvalue weighted by molar-refractivity contribution is 1.37. The Morgan fingerprint density at radius 2 is 1.95 bits per heavy atom. The van der Waals surface area contributed by atoms with Gasteiger partial charge in [-0.05, 0) is 23.8 Å². The molecule has 0 aliphatic carbocycles. The van der Waals surface area contributed by atoms with Crippen molar-refractivity contribution in [2.24, 2.45) is 0 Å². The maximum absolute atomic E-state index is 9.41. The van der Waals surface area contributed by atoms with E-state index >= 15 is 0 Å². The van der Waals surface area contributed by atoms with E-state index in [1.54, 1.807) is 6.08 Å². The molecule has 0 atom stereocenters. The quantitative estimate of drug-likeness (QED) is 0.595. The topological polar surface area (TPSA) is 36.7 Å². The minimum absolute atomic E-state index is 0.537. The van der Waals surface area contributed by atoms with Crippen molar-refractivity contribution in [2.75, 3.05) is 0 Å². The summed E-state index contributed by atoms with van der Waals surface area (Å²) >= 11 is 7.44. The molecule has 3 aromatic rings. The van der Waals surface area contributed by atoms with Gasteiger partial charge in [-0.25, -0.2) is 4.98 Å². The fourth-order valence-corrected chi connectivity index (χ4v) is 3.04. The highest BCUT2D eigenvalue weighted by Gasteiger charge is 2.09. The predicted molar refractivity (Wildman–Crippen MR) is 92.5 cm³/mol. The first-order chi connectivity index (χ1) is 10.8. The first-order valence-corrected chi connectivity index (χ1v) is 7.91. The predicted octanol–water partition coefficient (Wildman–Crippen LogP) is 5.53. The van der Waals surface area contributed by atoms with Crippen molar-refractivity contribution in [1.29, 1.82) is 5.26 Å². The van der Waals surface area contributed by atoms with Crippen LogP contribution in [-0.4, -0.2) is 4.98 Å². The average molecular weight is 323 g/mol. The van der Waals surface area contributed by atoms with E-state index in [9.17, 15) is 5.26 Å². The van der Waals surface area contributed by atoms with E-state index in [2.05, 4.69) is 11.1 Å². The van der Waals surface area contributed by atoms with Gasteiger partial charge in [0.1, 0.15) is 11.1 Å². The normalized spacial score (nSPS) is 11.2. The van der Waals surface area contributed by atoms with Gasteiger partial charge >= 0.3 is 0 Å². The Morgan fingerprint density at radius 3 is 2.68 bits per heavy atom. The van der Waals surface area contributed by atoms with Crippen LogP contribution in [0.4, 0.5) is 0 Å². The van der Waals surface area contributed by atoms with Gasteiger partial charge in [-0.1, -0.05) is 54.1 Å². The standard InChI is InChI=1S/C18H11ClN2S/c19-16-8-4-5-13(10-16)9-15(11-20)18-21-17(12-22-18)14-6-2-1-3-7-14/h1-10,12H/b15-9+. The Morgan fingerprint density at radius 1 is 1.14 bits per heavy atom. The van der Waals surface area contributed by atoms with E-state index in [-0.39, 0.29) is 0 Å². The molecule has 2 aromatic carbocycles. The molecule has 2 nitrogen and oxygen atoms in total. The number of halogens is 1. The van der Waals surface area contributed by atoms with Crippen LogP contribution in [0, 0.1) is 11.3 Å². The van der Waals surface area contributed by atoms with Crippen LogP contribution in [0.3, 0.4) is 0 Å². The van der Waals surface area contributed by atoms with Gasteiger partial charge in [0.05, 0.1) is 11.3 Å². The number of nitriles is 1. The Kier molecular flexibility index (Phi) is 4.34. The molecule has 0 radical (unpaired) electrons. The molecular weight excluding hydrogens is 312 g/mol. The summed E-state index contributed by atoms with van der Waals surface area (Å²) in [5.41, 5.74) is 3.35. The number of nitrogens with zero attached hydrogens (tertiary/aromatic N) is 2. The van der Waals surface area contributed by atoms with E-state index in [1.165, 1.54) is 11.3 Å². The number of aromatic nitrogens is 1. The summed E-state index contributed by atoms with van der Waals surface area (Å²) in [5, 5.41) is 12.7. The Hall–Kier alpha value is -2.41. The minimum atomic E-state index is 0.537. The van der Waals surface area contributed by atoms with Gasteiger partial charge in [0, 0.05) is 16.0 Å². The van der Waals surface area contributed by atoms with Gasteiger partial charge in [-0.15, -0.1) is 11.3 Å². The van der Waals surface area contributed by atoms with Crippen LogP contribution in [-0.2, 0) is 0 Å². The lowest BCUT2D eigenvalue weighted by atomic mass is 10.1. The molecule has 22 heavy (non-hydrogen) atoms. The number of hydrogen-bond acceptors (Lipinski definition) is 3. The highest BCUT2D eigenvalue weighted by Crippen LogP contribution is 2.27. The Bertz CT molecular complexity index is 860. The van der Waals surface area contributed by atoms with Crippen molar-refractivity contribution >= 4 is 34.6 Å². The van der Waals surface area contributed by atoms with Crippen LogP contribution in [0.1, 0.15) is 10.6 Å². The van der Waals surface area contributed by atoms with Gasteiger partial charge in [0.2, 0.25) is 0 Å². The van der Waals surface area contributed by atoms with Crippen molar-refractivity contribution in [3.63, 3.8) is 0 Å². The van der Waals surface area contributed by atoms with E-state index in [0.29, 0.717) is 15.6 Å². The van der Waals surface area contributed by atoms with Gasteiger partial charge in [-0.3, -0.25) is 0 Å². The van der Waals surface area contributed by atoms with E-state index in [1.807, 2.05) is 60.0 Å². The molecule has 0 amide bonds. The number of thiazole rings is 1. The molecule has 0 saturated carbocycles. The van der Waals surface area contributed by atoms with Crippen molar-refractivity contribution in [3.05, 3.63) is 75.6 Å². The minimum Gasteiger partial charge on any atom is -0.235 e. The zero-order chi connectivity index (χ0) is 15.4. The Labute approximate surface area is 138 Å². The van der Waals surface area contributed by atoms with Gasteiger partial charge in [-0.2, -0.15) is 5.26 Å². The lowest BCUT2D eigenvalue weighted by Gasteiger charge is -1.97. The second-order valence-corrected chi connectivity index (χ2v) is 5.92. The molecule has 0 bridgehead atoms. The highest BCUT2D eigenvalue weighted by atomic mass is 35.5. The van der Waals surface area contributed by atoms with E-state index in [0.717, 1.165) is 16.8 Å². The van der Waals surface area contributed by atoms with Gasteiger partial charge in [0.15, 0.2) is 0 Å². The van der Waals surface area contributed by atoms with Crippen LogP contribution in [0.25, 0.3) is 22.9 Å². The highest BCUT2D eigenvalue weighted by molar-refractivity contribution is 7.11. The molecule has 0 aliphatic heterocycles. The number of allylic oxidation sites excluding steroid dienone is 1. The van der Waals surface area contributed by atoms with Crippen LogP contribution >= 0.6 is 22.9 Å². The lowest BCUT2D eigenvalue weighted by Crippen LogP contribution is -1.82. The van der Waals surface area contributed by atoms with Gasteiger partial charge in [0.25, 0.3) is 0 Å². The SMILES string of the molecule is N#C/C(=C\c1cccc(Cl)c1)c1nc(-c2ccccc2)cs1. The third-order valence-corrected chi connectivity index (χ3v) is 4.19. The molecule has 106 valence electrons. The molecular formula is C18H11ClN2S. The zero-order valence-corrected chi connectivity index (χ0v) is 13.1. The monoisotopic (exact) mass is 322 g/mol. The third-order valence-electron chi connectivity index (χ3n) is 3.08. The molecule has 0 unspecified atom stereocenters. The van der Waals surface area contributed by atoms with Gasteiger partial charge < -0.3 is 0 Å². The van der Waals surface area contributed by atoms with Crippen LogP contribution < -0.4 is 0 Å². The van der Waals surface area contributed by atoms with Crippen molar-refractivity contribution in [1.82, 2.24) is 4.98 Å². The molecule has 1 heterocycles. The fraction of sp³-hybridized carbons (Fsp3) is 0. The average Bonchev–Trinajstić information content (AvgIpc) is 3.03. The van der Waals surface area contributed by atoms with Crippen LogP contribution in [0.15, 0.2) is 60.0 Å². The largest absolute Gasteiger partial charge is 0.235 e. The second-order valence-electron chi connectivity index (χ2n) is 4.63. The molecule has 0 aliphatic rings. The molecule has 1 aromatic heterocycles. The van der Waals surface area contributed by atoms with Crippen molar-refractivity contribution in [3.8, 4) is 17.3 Å². The van der Waals surface area contributed by atoms with Crippen LogP contribution in [0.5, 0.6) is 0 Å². The zero-order valence-electron chi connectivity index (χ0n) is 11.5. The fourth-order valence-electron chi connectivity index (χ4n) is 2.04. The first-order valence-electron chi connectivity index (χ1n) is 6.65. The molecule has 4 heteroatoms. The number of benzene rings is 2. The molecule has 3 rings (SSSR count). The van der Waals surface area contributed by atoms with E-state index < -0.39 is 0 Å². The Balaban J connectivity index is 1.96. The summed E-state index contributed by atoms with van der Waals surface area (Å²) < 4.78 is 0. The molecule has 0 spiro atoms. The molecule has 0 saturated heterocycles. The third kappa shape index (κ3) is 3.25. The summed E-state index contributed by atoms with van der Waals surface area (Å²) in [7, 11) is 0. The molecule has 0 fully saturated rings. The number of hydrogen-bond donors (Lipinski definition) is 0. The summed E-state index contributed by atoms with van der Waals surface area (Å²) in [4.78, 5) is 4.57. The van der Waals surface area contributed by atoms with Crippen molar-refractivity contribution in [2.45, 2.75) is 0 Å². The first kappa shape index (κ1) is 14.5. The summed E-state index contributed by atoms with van der Waals surface area (Å²) in [6, 6.07) is 19.5. The number of rotatable bonds is 3. The maximum Gasteiger partial charge on any atom is 0.134 e. The smallest absolute Gasteiger partial charge is 0.134 e. The van der Waals surface area contributed by atoms with E-state index in [4.69, 9.17) is 11.6 Å². The summed E-state index contributed by atoms with van der Waals surface area (Å²) in [6.07, 6.45) is 1.81. The summed E-state index contributed by atoms with van der Waals surface area (Å²) in [5.74, 6) is 0. The second kappa shape index (κ2) is 6.57. The maximum atomic E-state index is 9.41. The molecule has 0 N–H and O–H groups in total. The van der Waals surface area contributed by atoms with Crippen LogP contribution in [0.2, 0.25) is 5.02 Å². The summed E-state index contributed by atoms with van der Waals surface area (Å²) in [6.45, 7) is 0. The van der Waals surface area contributed by atoms with Crippen molar-refractivity contribution < 1.29 is 0 Å².